The Morgan fingerprint density at radius 1 is 1.28 bits per heavy atom. The topological polar surface area (TPSA) is 16.1 Å². The van der Waals surface area contributed by atoms with Gasteiger partial charge in [-0.05, 0) is 43.7 Å². The summed E-state index contributed by atoms with van der Waals surface area (Å²) in [6.07, 6.45) is 3.49. The molecule has 1 fully saturated rings. The van der Waals surface area contributed by atoms with Crippen LogP contribution in [-0.4, -0.2) is 23.0 Å². The van der Waals surface area contributed by atoms with Crippen molar-refractivity contribution in [3.63, 3.8) is 0 Å². The fraction of sp³-hybridized carbons (Fsp3) is 0.400. The second kappa shape index (κ2) is 3.51. The molecule has 92 valence electrons. The van der Waals surface area contributed by atoms with Gasteiger partial charge in [0.2, 0.25) is 0 Å². The van der Waals surface area contributed by atoms with E-state index >= 15 is 0 Å². The van der Waals surface area contributed by atoms with Crippen molar-refractivity contribution in [3.05, 3.63) is 41.3 Å². The highest BCUT2D eigenvalue weighted by Crippen LogP contribution is 2.42. The molecule has 3 heteroatoms. The zero-order chi connectivity index (χ0) is 12.3. The van der Waals surface area contributed by atoms with Crippen LogP contribution >= 0.6 is 0 Å². The standard InChI is InChI=1S/C15H15FN2/c1-18-11-4-5-15(18)12-6-9-2-3-10(16)7-13(9)17-14(12)8-11/h2-3,6-7,11,15H,4-5,8H2,1H3/t11?,15-/m0/s1. The number of benzene rings is 1. The van der Waals surface area contributed by atoms with Gasteiger partial charge >= 0.3 is 0 Å². The fourth-order valence-corrected chi connectivity index (χ4v) is 3.50. The molecule has 0 amide bonds. The lowest BCUT2D eigenvalue weighted by Gasteiger charge is -2.32. The zero-order valence-electron chi connectivity index (χ0n) is 10.4. The molecule has 0 radical (unpaired) electrons. The maximum absolute atomic E-state index is 13.2. The Hall–Kier alpha value is -1.48. The molecule has 0 saturated carbocycles. The van der Waals surface area contributed by atoms with E-state index in [2.05, 4.69) is 23.0 Å². The van der Waals surface area contributed by atoms with Crippen molar-refractivity contribution < 1.29 is 4.39 Å². The summed E-state index contributed by atoms with van der Waals surface area (Å²) in [6.45, 7) is 0. The van der Waals surface area contributed by atoms with Crippen LogP contribution in [0, 0.1) is 5.82 Å². The molecule has 1 aromatic heterocycles. The molecule has 0 N–H and O–H groups in total. The predicted octanol–water partition coefficient (Wildman–Crippen LogP) is 3.07. The van der Waals surface area contributed by atoms with E-state index in [0.717, 1.165) is 17.3 Å². The summed E-state index contributed by atoms with van der Waals surface area (Å²) in [5, 5.41) is 1.05. The van der Waals surface area contributed by atoms with E-state index in [-0.39, 0.29) is 5.82 Å². The van der Waals surface area contributed by atoms with Gasteiger partial charge in [0, 0.05) is 35.7 Å². The van der Waals surface area contributed by atoms with Crippen LogP contribution in [0.4, 0.5) is 4.39 Å². The zero-order valence-corrected chi connectivity index (χ0v) is 10.4. The minimum absolute atomic E-state index is 0.203. The van der Waals surface area contributed by atoms with Crippen molar-refractivity contribution in [1.82, 2.24) is 9.88 Å². The number of nitrogens with zero attached hydrogens (tertiary/aromatic N) is 2. The number of aromatic nitrogens is 1. The van der Waals surface area contributed by atoms with Crippen LogP contribution in [0.2, 0.25) is 0 Å². The summed E-state index contributed by atoms with van der Waals surface area (Å²) in [4.78, 5) is 7.16. The smallest absolute Gasteiger partial charge is 0.125 e. The average Bonchev–Trinajstić information content (AvgIpc) is 2.60. The molecule has 2 atom stereocenters. The first-order chi connectivity index (χ1) is 8.72. The summed E-state index contributed by atoms with van der Waals surface area (Å²) in [7, 11) is 2.21. The van der Waals surface area contributed by atoms with Gasteiger partial charge in [0.25, 0.3) is 0 Å². The monoisotopic (exact) mass is 242 g/mol. The molecular formula is C15H15FN2. The van der Waals surface area contributed by atoms with Crippen molar-refractivity contribution in [3.8, 4) is 0 Å². The lowest BCUT2D eigenvalue weighted by atomic mass is 9.96. The number of fused-ring (bicyclic) bond motifs is 5. The molecule has 0 aliphatic carbocycles. The average molecular weight is 242 g/mol. The van der Waals surface area contributed by atoms with Gasteiger partial charge in [0.1, 0.15) is 5.82 Å². The first kappa shape index (κ1) is 10.4. The molecular weight excluding hydrogens is 227 g/mol. The van der Waals surface area contributed by atoms with Crippen LogP contribution < -0.4 is 0 Å². The molecule has 0 spiro atoms. The molecule has 4 rings (SSSR count). The second-order valence-electron chi connectivity index (χ2n) is 5.48. The Morgan fingerprint density at radius 2 is 2.17 bits per heavy atom. The summed E-state index contributed by atoms with van der Waals surface area (Å²) in [6, 6.07) is 8.23. The van der Waals surface area contributed by atoms with Crippen molar-refractivity contribution >= 4 is 10.9 Å². The van der Waals surface area contributed by atoms with E-state index in [9.17, 15) is 4.39 Å². The van der Waals surface area contributed by atoms with Gasteiger partial charge in [-0.3, -0.25) is 9.88 Å². The van der Waals surface area contributed by atoms with E-state index in [1.807, 2.05) is 6.07 Å². The van der Waals surface area contributed by atoms with Gasteiger partial charge in [-0.1, -0.05) is 0 Å². The Morgan fingerprint density at radius 3 is 3.06 bits per heavy atom. The maximum Gasteiger partial charge on any atom is 0.125 e. The van der Waals surface area contributed by atoms with Crippen molar-refractivity contribution in [2.45, 2.75) is 31.3 Å². The van der Waals surface area contributed by atoms with E-state index in [0.29, 0.717) is 12.1 Å². The number of likely N-dealkylation sites (N-methyl/N-ethyl adjacent to an activating group) is 1. The summed E-state index contributed by atoms with van der Waals surface area (Å²) < 4.78 is 13.2. The van der Waals surface area contributed by atoms with E-state index in [1.165, 1.54) is 36.2 Å². The lowest BCUT2D eigenvalue weighted by Crippen LogP contribution is -2.34. The summed E-state index contributed by atoms with van der Waals surface area (Å²) >= 11 is 0. The highest BCUT2D eigenvalue weighted by atomic mass is 19.1. The first-order valence-corrected chi connectivity index (χ1v) is 6.53. The third kappa shape index (κ3) is 1.34. The third-order valence-electron chi connectivity index (χ3n) is 4.52. The second-order valence-corrected chi connectivity index (χ2v) is 5.48. The largest absolute Gasteiger partial charge is 0.296 e. The van der Waals surface area contributed by atoms with Crippen LogP contribution in [-0.2, 0) is 6.42 Å². The number of hydrogen-bond acceptors (Lipinski definition) is 2. The molecule has 2 aliphatic heterocycles. The molecule has 1 saturated heterocycles. The maximum atomic E-state index is 13.2. The van der Waals surface area contributed by atoms with Gasteiger partial charge in [-0.15, -0.1) is 0 Å². The van der Waals surface area contributed by atoms with E-state index < -0.39 is 0 Å². The Labute approximate surface area is 105 Å². The molecule has 2 aromatic rings. The van der Waals surface area contributed by atoms with Crippen molar-refractivity contribution in [2.75, 3.05) is 7.05 Å². The first-order valence-electron chi connectivity index (χ1n) is 6.53. The Balaban J connectivity index is 1.95. The van der Waals surface area contributed by atoms with Gasteiger partial charge in [0.15, 0.2) is 0 Å². The summed E-state index contributed by atoms with van der Waals surface area (Å²) in [5.74, 6) is -0.203. The minimum Gasteiger partial charge on any atom is -0.296 e. The lowest BCUT2D eigenvalue weighted by molar-refractivity contribution is 0.222. The van der Waals surface area contributed by atoms with Gasteiger partial charge in [0.05, 0.1) is 5.52 Å². The Bertz CT molecular complexity index is 638. The van der Waals surface area contributed by atoms with Crippen molar-refractivity contribution in [2.24, 2.45) is 0 Å². The minimum atomic E-state index is -0.203. The highest BCUT2D eigenvalue weighted by Gasteiger charge is 2.38. The van der Waals surface area contributed by atoms with Crippen LogP contribution in [0.1, 0.15) is 30.1 Å². The predicted molar refractivity (Wildman–Crippen MR) is 68.9 cm³/mol. The molecule has 18 heavy (non-hydrogen) atoms. The van der Waals surface area contributed by atoms with Crippen LogP contribution in [0.3, 0.4) is 0 Å². The molecule has 2 bridgehead atoms. The fourth-order valence-electron chi connectivity index (χ4n) is 3.50. The molecule has 2 nitrogen and oxygen atoms in total. The molecule has 2 aliphatic rings. The number of hydrogen-bond donors (Lipinski definition) is 0. The quantitative estimate of drug-likeness (QED) is 0.705. The van der Waals surface area contributed by atoms with Gasteiger partial charge in [-0.25, -0.2) is 4.39 Å². The molecule has 1 aromatic carbocycles. The van der Waals surface area contributed by atoms with Gasteiger partial charge in [-0.2, -0.15) is 0 Å². The molecule has 3 heterocycles. The number of pyridine rings is 1. The number of rotatable bonds is 0. The normalized spacial score (nSPS) is 26.6. The van der Waals surface area contributed by atoms with Crippen LogP contribution in [0.25, 0.3) is 10.9 Å². The van der Waals surface area contributed by atoms with Gasteiger partial charge < -0.3 is 0 Å². The molecule has 1 unspecified atom stereocenters. The third-order valence-corrected chi connectivity index (χ3v) is 4.52. The van der Waals surface area contributed by atoms with E-state index in [4.69, 9.17) is 0 Å². The highest BCUT2D eigenvalue weighted by molar-refractivity contribution is 5.80. The number of halogens is 1. The van der Waals surface area contributed by atoms with E-state index in [1.54, 1.807) is 0 Å². The van der Waals surface area contributed by atoms with Crippen LogP contribution in [0.15, 0.2) is 24.3 Å². The summed E-state index contributed by atoms with van der Waals surface area (Å²) in [5.41, 5.74) is 3.32. The van der Waals surface area contributed by atoms with Crippen LogP contribution in [0.5, 0.6) is 0 Å². The SMILES string of the molecule is CN1C2CC[C@H]1c1cc3ccc(F)cc3nc1C2. The van der Waals surface area contributed by atoms with Crippen molar-refractivity contribution in [1.29, 1.82) is 0 Å². The Kier molecular flexibility index (Phi) is 2.04.